The largest absolute Gasteiger partial charge is 0.354 e. The molecule has 3 aromatic carbocycles. The first-order valence-electron chi connectivity index (χ1n) is 12.9. The molecule has 0 heterocycles. The second-order valence-corrected chi connectivity index (χ2v) is 12.3. The lowest BCUT2D eigenvalue weighted by molar-refractivity contribution is -0.140. The third-order valence-corrected chi connectivity index (χ3v) is 9.02. The van der Waals surface area contributed by atoms with Gasteiger partial charge in [0.25, 0.3) is 10.0 Å². The zero-order valence-electron chi connectivity index (χ0n) is 22.3. The van der Waals surface area contributed by atoms with E-state index in [4.69, 9.17) is 34.8 Å². The van der Waals surface area contributed by atoms with Crippen molar-refractivity contribution in [2.24, 2.45) is 0 Å². The van der Waals surface area contributed by atoms with E-state index in [1.807, 2.05) is 6.92 Å². The number of nitrogens with one attached hydrogen (secondary N) is 1. The molecule has 0 spiro atoms. The van der Waals surface area contributed by atoms with Gasteiger partial charge in [-0.1, -0.05) is 85.4 Å². The molecule has 0 saturated heterocycles. The molecule has 0 radical (unpaired) electrons. The third kappa shape index (κ3) is 8.13. The number of hydrogen-bond acceptors (Lipinski definition) is 4. The fraction of sp³-hybridized carbons (Fsp3) is 0.310. The van der Waals surface area contributed by atoms with Gasteiger partial charge in [0.1, 0.15) is 12.6 Å². The smallest absolute Gasteiger partial charge is 0.264 e. The minimum absolute atomic E-state index is 0.0168. The third-order valence-electron chi connectivity index (χ3n) is 6.26. The van der Waals surface area contributed by atoms with E-state index in [9.17, 15) is 18.0 Å². The zero-order chi connectivity index (χ0) is 29.3. The van der Waals surface area contributed by atoms with Crippen molar-refractivity contribution < 1.29 is 18.0 Å². The molecule has 0 unspecified atom stereocenters. The lowest BCUT2D eigenvalue weighted by Crippen LogP contribution is -2.52. The number of halogens is 3. The maximum Gasteiger partial charge on any atom is 0.264 e. The molecule has 0 aliphatic rings. The van der Waals surface area contributed by atoms with Crippen LogP contribution in [0.1, 0.15) is 38.7 Å². The standard InChI is InChI=1S/C29H32Cl3N3O4S/c1-3-5-16-33-29(37)27(4-2)34(19-21-14-15-25(31)26(32)17-21)28(36)20-35(23-11-9-10-22(30)18-23)40(38,39)24-12-7-6-8-13-24/h6-15,17-18,27H,3-5,16,19-20H2,1-2H3,(H,33,37)/t27-/m0/s1. The van der Waals surface area contributed by atoms with Gasteiger partial charge in [-0.05, 0) is 60.9 Å². The molecule has 0 saturated carbocycles. The van der Waals surface area contributed by atoms with E-state index in [1.165, 1.54) is 23.1 Å². The van der Waals surface area contributed by atoms with Crippen molar-refractivity contribution in [3.63, 3.8) is 0 Å². The summed E-state index contributed by atoms with van der Waals surface area (Å²) in [6.07, 6.45) is 2.00. The summed E-state index contributed by atoms with van der Waals surface area (Å²) in [6.45, 7) is 3.75. The summed E-state index contributed by atoms with van der Waals surface area (Å²) in [5.41, 5.74) is 0.863. The summed E-state index contributed by atoms with van der Waals surface area (Å²) in [7, 11) is -4.17. The maximum absolute atomic E-state index is 14.0. The monoisotopic (exact) mass is 623 g/mol. The lowest BCUT2D eigenvalue weighted by Gasteiger charge is -2.33. The van der Waals surface area contributed by atoms with E-state index in [1.54, 1.807) is 61.5 Å². The number of benzene rings is 3. The highest BCUT2D eigenvalue weighted by Crippen LogP contribution is 2.28. The van der Waals surface area contributed by atoms with Crippen LogP contribution in [-0.2, 0) is 26.2 Å². The maximum atomic E-state index is 14.0. The van der Waals surface area contributed by atoms with Crippen molar-refractivity contribution in [2.75, 3.05) is 17.4 Å². The topological polar surface area (TPSA) is 86.8 Å². The first-order valence-corrected chi connectivity index (χ1v) is 15.5. The van der Waals surface area contributed by atoms with E-state index in [-0.39, 0.29) is 23.0 Å². The van der Waals surface area contributed by atoms with Crippen LogP contribution in [0.2, 0.25) is 15.1 Å². The normalized spacial score (nSPS) is 12.0. The predicted octanol–water partition coefficient (Wildman–Crippen LogP) is 6.57. The fourth-order valence-electron chi connectivity index (χ4n) is 4.14. The second-order valence-electron chi connectivity index (χ2n) is 9.14. The number of unbranched alkanes of at least 4 members (excludes halogenated alkanes) is 1. The van der Waals surface area contributed by atoms with Crippen molar-refractivity contribution >= 4 is 62.3 Å². The predicted molar refractivity (Wildman–Crippen MR) is 161 cm³/mol. The van der Waals surface area contributed by atoms with Crippen LogP contribution in [0.5, 0.6) is 0 Å². The minimum Gasteiger partial charge on any atom is -0.354 e. The SMILES string of the molecule is CCCCNC(=O)[C@H](CC)N(Cc1ccc(Cl)c(Cl)c1)C(=O)CN(c1cccc(Cl)c1)S(=O)(=O)c1ccccc1. The Bertz CT molecular complexity index is 1420. The van der Waals surface area contributed by atoms with E-state index in [2.05, 4.69) is 5.32 Å². The molecule has 1 atom stereocenters. The number of carbonyl (C=O) groups is 2. The molecule has 3 rings (SSSR count). The van der Waals surface area contributed by atoms with Crippen molar-refractivity contribution in [1.82, 2.24) is 10.2 Å². The van der Waals surface area contributed by atoms with Gasteiger partial charge < -0.3 is 10.2 Å². The van der Waals surface area contributed by atoms with Crippen LogP contribution in [-0.4, -0.2) is 44.3 Å². The number of amides is 2. The molecule has 11 heteroatoms. The summed E-state index contributed by atoms with van der Waals surface area (Å²) in [4.78, 5) is 28.7. The van der Waals surface area contributed by atoms with Crippen molar-refractivity contribution in [3.05, 3.63) is 93.4 Å². The van der Waals surface area contributed by atoms with Gasteiger partial charge in [-0.25, -0.2) is 8.42 Å². The zero-order valence-corrected chi connectivity index (χ0v) is 25.4. The molecule has 1 N–H and O–H groups in total. The highest BCUT2D eigenvalue weighted by molar-refractivity contribution is 7.92. The Morgan fingerprint density at radius 3 is 2.25 bits per heavy atom. The Kier molecular flexibility index (Phi) is 11.7. The molecule has 3 aromatic rings. The molecule has 7 nitrogen and oxygen atoms in total. The van der Waals surface area contributed by atoms with Gasteiger partial charge >= 0.3 is 0 Å². The molecule has 0 fully saturated rings. The first kappa shape index (κ1) is 31.7. The highest BCUT2D eigenvalue weighted by Gasteiger charge is 2.33. The Balaban J connectivity index is 2.04. The minimum atomic E-state index is -4.17. The van der Waals surface area contributed by atoms with E-state index >= 15 is 0 Å². The molecule has 214 valence electrons. The quantitative estimate of drug-likeness (QED) is 0.218. The summed E-state index contributed by atoms with van der Waals surface area (Å²) in [6, 6.07) is 18.2. The fourth-order valence-corrected chi connectivity index (χ4v) is 6.07. The van der Waals surface area contributed by atoms with Crippen LogP contribution < -0.4 is 9.62 Å². The first-order chi connectivity index (χ1) is 19.1. The molecular weight excluding hydrogens is 593 g/mol. The summed E-state index contributed by atoms with van der Waals surface area (Å²) in [5.74, 6) is -0.882. The van der Waals surface area contributed by atoms with Crippen LogP contribution in [0.15, 0.2) is 77.7 Å². The van der Waals surface area contributed by atoms with Gasteiger partial charge in [0.05, 0.1) is 20.6 Å². The average molecular weight is 625 g/mol. The summed E-state index contributed by atoms with van der Waals surface area (Å²) < 4.78 is 28.6. The van der Waals surface area contributed by atoms with Crippen LogP contribution in [0.4, 0.5) is 5.69 Å². The summed E-state index contributed by atoms with van der Waals surface area (Å²) in [5, 5.41) is 3.87. The average Bonchev–Trinajstić information content (AvgIpc) is 2.94. The van der Waals surface area contributed by atoms with Gasteiger partial charge in [-0.2, -0.15) is 0 Å². The van der Waals surface area contributed by atoms with E-state index in [0.29, 0.717) is 33.6 Å². The van der Waals surface area contributed by atoms with Gasteiger partial charge in [0, 0.05) is 18.1 Å². The van der Waals surface area contributed by atoms with Gasteiger partial charge in [-0.3, -0.25) is 13.9 Å². The molecule has 0 aromatic heterocycles. The number of sulfonamides is 1. The van der Waals surface area contributed by atoms with Crippen LogP contribution in [0.25, 0.3) is 0 Å². The van der Waals surface area contributed by atoms with Crippen LogP contribution in [0, 0.1) is 0 Å². The number of carbonyl (C=O) groups excluding carboxylic acids is 2. The van der Waals surface area contributed by atoms with Crippen LogP contribution in [0.3, 0.4) is 0 Å². The Hall–Kier alpha value is -2.78. The molecule has 0 aliphatic carbocycles. The molecule has 40 heavy (non-hydrogen) atoms. The van der Waals surface area contributed by atoms with E-state index in [0.717, 1.165) is 17.1 Å². The molecule has 0 bridgehead atoms. The Labute approximate surface area is 251 Å². The second kappa shape index (κ2) is 14.7. The van der Waals surface area contributed by atoms with Crippen molar-refractivity contribution in [2.45, 2.75) is 50.6 Å². The number of nitrogens with zero attached hydrogens (tertiary/aromatic N) is 2. The lowest BCUT2D eigenvalue weighted by atomic mass is 10.1. The highest BCUT2D eigenvalue weighted by atomic mass is 35.5. The Morgan fingerprint density at radius 2 is 1.62 bits per heavy atom. The van der Waals surface area contributed by atoms with Gasteiger partial charge in [0.15, 0.2) is 0 Å². The molecular formula is C29H32Cl3N3O4S. The summed E-state index contributed by atoms with van der Waals surface area (Å²) >= 11 is 18.5. The van der Waals surface area contributed by atoms with E-state index < -0.39 is 28.5 Å². The van der Waals surface area contributed by atoms with Gasteiger partial charge in [-0.15, -0.1) is 0 Å². The molecule has 0 aliphatic heterocycles. The Morgan fingerprint density at radius 1 is 0.900 bits per heavy atom. The van der Waals surface area contributed by atoms with Crippen LogP contribution >= 0.6 is 34.8 Å². The molecule has 2 amide bonds. The van der Waals surface area contributed by atoms with Crippen molar-refractivity contribution in [1.29, 1.82) is 0 Å². The van der Waals surface area contributed by atoms with Gasteiger partial charge in [0.2, 0.25) is 11.8 Å². The number of hydrogen-bond donors (Lipinski definition) is 1. The number of anilines is 1. The van der Waals surface area contributed by atoms with Crippen molar-refractivity contribution in [3.8, 4) is 0 Å². The number of rotatable bonds is 13.